The Labute approximate surface area is 198 Å². The maximum atomic E-state index is 13.4. The van der Waals surface area contributed by atoms with Crippen molar-refractivity contribution < 1.29 is 9.18 Å². The average molecular weight is 471 g/mol. The van der Waals surface area contributed by atoms with Gasteiger partial charge in [-0.25, -0.2) is 18.3 Å². The highest BCUT2D eigenvalue weighted by Gasteiger charge is 2.19. The van der Waals surface area contributed by atoms with Crippen LogP contribution in [0.5, 0.6) is 0 Å². The van der Waals surface area contributed by atoms with Gasteiger partial charge < -0.3 is 5.32 Å². The Hall–Kier alpha value is -4.53. The van der Waals surface area contributed by atoms with Gasteiger partial charge in [-0.05, 0) is 53.9 Å². The predicted molar refractivity (Wildman–Crippen MR) is 131 cm³/mol. The number of nitrogens with one attached hydrogen (secondary N) is 1. The number of aromatic nitrogens is 4. The third-order valence-corrected chi connectivity index (χ3v) is 5.88. The van der Waals surface area contributed by atoms with Crippen molar-refractivity contribution in [2.45, 2.75) is 26.4 Å². The molecule has 0 saturated heterocycles. The summed E-state index contributed by atoms with van der Waals surface area (Å²) in [6.45, 7) is 1.80. The molecule has 0 saturated carbocycles. The summed E-state index contributed by atoms with van der Waals surface area (Å²) in [5.74, 6) is -0.708. The van der Waals surface area contributed by atoms with Gasteiger partial charge in [0.1, 0.15) is 12.4 Å². The van der Waals surface area contributed by atoms with Crippen LogP contribution in [0.4, 0.5) is 10.1 Å². The Balaban J connectivity index is 1.57. The van der Waals surface area contributed by atoms with E-state index in [1.807, 2.05) is 19.1 Å². The van der Waals surface area contributed by atoms with E-state index in [4.69, 9.17) is 0 Å². The fourth-order valence-corrected chi connectivity index (χ4v) is 4.05. The second-order valence-electron chi connectivity index (χ2n) is 8.21. The van der Waals surface area contributed by atoms with Gasteiger partial charge in [0.25, 0.3) is 5.56 Å². The molecule has 0 bridgehead atoms. The van der Waals surface area contributed by atoms with Crippen LogP contribution in [0.25, 0.3) is 16.7 Å². The molecule has 5 rings (SSSR count). The molecule has 9 heteroatoms. The van der Waals surface area contributed by atoms with Crippen molar-refractivity contribution in [2.24, 2.45) is 0 Å². The monoisotopic (exact) mass is 471 g/mol. The minimum absolute atomic E-state index is 0.0832. The van der Waals surface area contributed by atoms with Crippen LogP contribution in [0.1, 0.15) is 18.1 Å². The fraction of sp³-hybridized carbons (Fsp3) is 0.154. The number of aryl methyl sites for hydroxylation is 1. The zero-order chi connectivity index (χ0) is 24.5. The number of benzene rings is 3. The van der Waals surface area contributed by atoms with E-state index in [2.05, 4.69) is 10.4 Å². The molecule has 5 aromatic rings. The first-order valence-electron chi connectivity index (χ1n) is 11.2. The number of carbonyl (C=O) groups is 1. The minimum Gasteiger partial charge on any atom is -0.324 e. The van der Waals surface area contributed by atoms with Gasteiger partial charge >= 0.3 is 5.69 Å². The zero-order valence-electron chi connectivity index (χ0n) is 18.9. The topological polar surface area (TPSA) is 90.4 Å². The smallest absolute Gasteiger partial charge is 0.324 e. The first kappa shape index (κ1) is 22.3. The summed E-state index contributed by atoms with van der Waals surface area (Å²) in [5, 5.41) is 7.45. The average Bonchev–Trinajstić information content (AvgIpc) is 3.19. The molecule has 1 amide bonds. The second-order valence-corrected chi connectivity index (χ2v) is 8.21. The summed E-state index contributed by atoms with van der Waals surface area (Å²) in [6, 6.07) is 19.9. The molecule has 0 spiro atoms. The van der Waals surface area contributed by atoms with Gasteiger partial charge in [-0.3, -0.25) is 14.2 Å². The molecule has 0 aliphatic carbocycles. The van der Waals surface area contributed by atoms with Gasteiger partial charge in [0.05, 0.1) is 17.4 Å². The highest BCUT2D eigenvalue weighted by Crippen LogP contribution is 2.14. The Bertz CT molecular complexity index is 1660. The highest BCUT2D eigenvalue weighted by molar-refractivity contribution is 5.90. The molecule has 2 aromatic heterocycles. The summed E-state index contributed by atoms with van der Waals surface area (Å²) in [6.07, 6.45) is 0.887. The third-order valence-electron chi connectivity index (χ3n) is 5.88. The van der Waals surface area contributed by atoms with E-state index in [0.29, 0.717) is 22.2 Å². The standard InChI is InChI=1S/C26H22FN5O3/c1-2-17-9-13-20(14-10-17)28-23(33)16-31-26(35)32-22-6-4-3-5-21(22)24(34)30(25(32)29-31)15-18-7-11-19(27)12-8-18/h3-14H,2,15-16H2,1H3,(H,28,33). The van der Waals surface area contributed by atoms with Crippen molar-refractivity contribution in [2.75, 3.05) is 5.32 Å². The zero-order valence-corrected chi connectivity index (χ0v) is 18.9. The van der Waals surface area contributed by atoms with E-state index >= 15 is 0 Å². The number of hydrogen-bond acceptors (Lipinski definition) is 4. The third kappa shape index (κ3) is 4.23. The molecule has 0 fully saturated rings. The second kappa shape index (κ2) is 9.02. The lowest BCUT2D eigenvalue weighted by molar-refractivity contribution is -0.117. The molecule has 1 N–H and O–H groups in total. The van der Waals surface area contributed by atoms with Gasteiger partial charge in [0.2, 0.25) is 11.7 Å². The quantitative estimate of drug-likeness (QED) is 0.412. The van der Waals surface area contributed by atoms with E-state index < -0.39 is 11.6 Å². The summed E-state index contributed by atoms with van der Waals surface area (Å²) < 4.78 is 17.1. The van der Waals surface area contributed by atoms with Gasteiger partial charge in [-0.1, -0.05) is 43.3 Å². The predicted octanol–water partition coefficient (Wildman–Crippen LogP) is 3.20. The first-order chi connectivity index (χ1) is 16.9. The summed E-state index contributed by atoms with van der Waals surface area (Å²) >= 11 is 0. The van der Waals surface area contributed by atoms with E-state index in [1.165, 1.54) is 21.1 Å². The molecule has 0 atom stereocenters. The van der Waals surface area contributed by atoms with E-state index in [-0.39, 0.29) is 30.2 Å². The van der Waals surface area contributed by atoms with E-state index in [1.54, 1.807) is 48.5 Å². The van der Waals surface area contributed by atoms with Gasteiger partial charge in [-0.2, -0.15) is 0 Å². The SMILES string of the molecule is CCc1ccc(NC(=O)Cn2nc3n(Cc4ccc(F)cc4)c(=O)c4ccccc4n3c2=O)cc1. The molecule has 35 heavy (non-hydrogen) atoms. The number of anilines is 1. The maximum absolute atomic E-state index is 13.4. The van der Waals surface area contributed by atoms with Crippen LogP contribution in [0, 0.1) is 5.82 Å². The van der Waals surface area contributed by atoms with Gasteiger partial charge in [0, 0.05) is 5.69 Å². The Kier molecular flexibility index (Phi) is 5.74. The lowest BCUT2D eigenvalue weighted by Crippen LogP contribution is -2.29. The maximum Gasteiger partial charge on any atom is 0.352 e. The number of amides is 1. The van der Waals surface area contributed by atoms with Crippen molar-refractivity contribution in [1.29, 1.82) is 0 Å². The van der Waals surface area contributed by atoms with Crippen molar-refractivity contribution in [3.05, 3.63) is 111 Å². The minimum atomic E-state index is -0.541. The van der Waals surface area contributed by atoms with Crippen molar-refractivity contribution in [3.8, 4) is 0 Å². The van der Waals surface area contributed by atoms with Crippen molar-refractivity contribution in [1.82, 2.24) is 18.7 Å². The summed E-state index contributed by atoms with van der Waals surface area (Å²) in [7, 11) is 0. The van der Waals surface area contributed by atoms with Crippen molar-refractivity contribution in [3.63, 3.8) is 0 Å². The molecule has 0 aliphatic rings. The number of fused-ring (bicyclic) bond motifs is 3. The van der Waals surface area contributed by atoms with Crippen LogP contribution in [0.3, 0.4) is 0 Å². The molecule has 0 unspecified atom stereocenters. The number of rotatable bonds is 6. The molecule has 176 valence electrons. The summed E-state index contributed by atoms with van der Waals surface area (Å²) in [5.41, 5.74) is 1.94. The number of hydrogen-bond donors (Lipinski definition) is 1. The van der Waals surface area contributed by atoms with Crippen molar-refractivity contribution >= 4 is 28.3 Å². The van der Waals surface area contributed by atoms with E-state index in [0.717, 1.165) is 16.7 Å². The largest absolute Gasteiger partial charge is 0.352 e. The van der Waals surface area contributed by atoms with E-state index in [9.17, 15) is 18.8 Å². The Morgan fingerprint density at radius 1 is 0.943 bits per heavy atom. The molecule has 2 heterocycles. The first-order valence-corrected chi connectivity index (χ1v) is 11.2. The molecule has 0 radical (unpaired) electrons. The number of carbonyl (C=O) groups excluding carboxylic acids is 1. The van der Waals surface area contributed by atoms with Crippen LogP contribution in [-0.4, -0.2) is 24.7 Å². The molecule has 3 aromatic carbocycles. The molecular formula is C26H22FN5O3. The molecule has 0 aliphatic heterocycles. The van der Waals surface area contributed by atoms with Crippen LogP contribution >= 0.6 is 0 Å². The van der Waals surface area contributed by atoms with Gasteiger partial charge in [-0.15, -0.1) is 5.10 Å². The number of para-hydroxylation sites is 1. The van der Waals surface area contributed by atoms with Crippen LogP contribution < -0.4 is 16.6 Å². The molecular weight excluding hydrogens is 449 g/mol. The van der Waals surface area contributed by atoms with Crippen LogP contribution in [0.2, 0.25) is 0 Å². The summed E-state index contributed by atoms with van der Waals surface area (Å²) in [4.78, 5) is 39.3. The van der Waals surface area contributed by atoms with Crippen LogP contribution in [-0.2, 0) is 24.3 Å². The lowest BCUT2D eigenvalue weighted by atomic mass is 10.1. The Morgan fingerprint density at radius 3 is 2.34 bits per heavy atom. The normalized spacial score (nSPS) is 11.3. The lowest BCUT2D eigenvalue weighted by Gasteiger charge is -2.09. The van der Waals surface area contributed by atoms with Gasteiger partial charge in [0.15, 0.2) is 0 Å². The number of nitrogens with zero attached hydrogens (tertiary/aromatic N) is 4. The Morgan fingerprint density at radius 2 is 1.63 bits per heavy atom. The van der Waals surface area contributed by atoms with Crippen LogP contribution in [0.15, 0.2) is 82.4 Å². The highest BCUT2D eigenvalue weighted by atomic mass is 19.1. The number of halogens is 1. The molecule has 8 nitrogen and oxygen atoms in total. The fourth-order valence-electron chi connectivity index (χ4n) is 4.05.